The molecule has 0 radical (unpaired) electrons. The van der Waals surface area contributed by atoms with Crippen molar-refractivity contribution < 1.29 is 19.1 Å². The van der Waals surface area contributed by atoms with Gasteiger partial charge in [-0.15, -0.1) is 5.11 Å². The summed E-state index contributed by atoms with van der Waals surface area (Å²) in [5.41, 5.74) is 0.893. The normalized spacial score (nSPS) is 10.3. The van der Waals surface area contributed by atoms with Gasteiger partial charge >= 0.3 is 12.1 Å². The monoisotopic (exact) mass is 299 g/mol. The molecule has 0 aromatic heterocycles. The van der Waals surface area contributed by atoms with Crippen LogP contribution >= 0.6 is 11.6 Å². The fourth-order valence-corrected chi connectivity index (χ4v) is 1.27. The number of halogens is 1. The van der Waals surface area contributed by atoms with Gasteiger partial charge in [0.25, 0.3) is 0 Å². The van der Waals surface area contributed by atoms with Crippen LogP contribution in [0.3, 0.4) is 0 Å². The summed E-state index contributed by atoms with van der Waals surface area (Å²) in [6.45, 7) is 2.05. The lowest BCUT2D eigenvalue weighted by Gasteiger charge is -2.07. The van der Waals surface area contributed by atoms with Crippen molar-refractivity contribution in [2.24, 2.45) is 10.3 Å². The molecule has 1 aromatic rings. The highest BCUT2D eigenvalue weighted by atomic mass is 35.5. The van der Waals surface area contributed by atoms with Gasteiger partial charge in [0.1, 0.15) is 0 Å². The number of carbonyl (C=O) groups is 2. The summed E-state index contributed by atoms with van der Waals surface area (Å²) in [5, 5.41) is 8.35. The van der Waals surface area contributed by atoms with E-state index in [0.717, 1.165) is 5.01 Å². The molecule has 7 nitrogen and oxygen atoms in total. The van der Waals surface area contributed by atoms with Gasteiger partial charge in [-0.1, -0.05) is 16.8 Å². The number of hydrogen-bond donors (Lipinski definition) is 0. The molecule has 1 rings (SSSR count). The first-order chi connectivity index (χ1) is 9.58. The van der Waals surface area contributed by atoms with Crippen LogP contribution in [0.25, 0.3) is 0 Å². The van der Waals surface area contributed by atoms with Gasteiger partial charge in [-0.25, -0.2) is 9.59 Å². The zero-order chi connectivity index (χ0) is 15.0. The second-order valence-electron chi connectivity index (χ2n) is 3.50. The lowest BCUT2D eigenvalue weighted by atomic mass is 10.2. The van der Waals surface area contributed by atoms with E-state index in [4.69, 9.17) is 16.3 Å². The maximum atomic E-state index is 11.4. The number of ether oxygens (including phenoxy) is 2. The second-order valence-corrected chi connectivity index (χ2v) is 3.72. The van der Waals surface area contributed by atoms with Crippen molar-refractivity contribution in [1.82, 2.24) is 5.01 Å². The fraction of sp³-hybridized carbons (Fsp3) is 0.333. The Bertz CT molecular complexity index is 490. The third-order valence-corrected chi connectivity index (χ3v) is 2.22. The van der Waals surface area contributed by atoms with Crippen molar-refractivity contribution in [2.75, 3.05) is 19.7 Å². The molecule has 0 N–H and O–H groups in total. The lowest BCUT2D eigenvalue weighted by Crippen LogP contribution is -2.21. The molecule has 0 saturated heterocycles. The molecule has 0 aliphatic rings. The fourth-order valence-electron chi connectivity index (χ4n) is 1.17. The van der Waals surface area contributed by atoms with Crippen LogP contribution in [0, 0.1) is 0 Å². The number of rotatable bonds is 5. The van der Waals surface area contributed by atoms with Crippen molar-refractivity contribution in [3.05, 3.63) is 29.8 Å². The first-order valence-electron chi connectivity index (χ1n) is 5.73. The number of hydrogen-bond acceptors (Lipinski definition) is 6. The van der Waals surface area contributed by atoms with Crippen molar-refractivity contribution in [3.63, 3.8) is 0 Å². The number of esters is 1. The van der Waals surface area contributed by atoms with E-state index in [1.54, 1.807) is 31.2 Å². The predicted molar refractivity (Wildman–Crippen MR) is 71.9 cm³/mol. The Morgan fingerprint density at radius 2 is 1.90 bits per heavy atom. The zero-order valence-corrected chi connectivity index (χ0v) is 11.8. The summed E-state index contributed by atoms with van der Waals surface area (Å²) in [5.74, 6) is -0.404. The molecule has 0 unspecified atom stereocenters. The molecule has 1 aromatic carbocycles. The Labute approximate surface area is 121 Å². The standard InChI is InChI=1S/C12H14ClN3O4/c1-3-19-11(17)9-4-6-10(7-5-9)14-15-16(2)12(18)20-8-13/h4-7H,3,8H2,1-2H3. The minimum absolute atomic E-state index is 0.257. The minimum Gasteiger partial charge on any atom is -0.462 e. The van der Waals surface area contributed by atoms with E-state index in [0.29, 0.717) is 17.9 Å². The Kier molecular flexibility index (Phi) is 6.45. The highest BCUT2D eigenvalue weighted by Gasteiger charge is 2.08. The number of benzene rings is 1. The molecule has 0 atom stereocenters. The van der Waals surface area contributed by atoms with E-state index >= 15 is 0 Å². The van der Waals surface area contributed by atoms with E-state index in [-0.39, 0.29) is 6.07 Å². The molecular formula is C12H14ClN3O4. The molecule has 0 fully saturated rings. The predicted octanol–water partition coefficient (Wildman–Crippen LogP) is 3.13. The molecule has 0 aliphatic heterocycles. The van der Waals surface area contributed by atoms with Crippen LogP contribution in [0.2, 0.25) is 0 Å². The molecular weight excluding hydrogens is 286 g/mol. The summed E-state index contributed by atoms with van der Waals surface area (Å²) in [7, 11) is 1.38. The summed E-state index contributed by atoms with van der Waals surface area (Å²) in [6, 6.07) is 6.02. The molecule has 108 valence electrons. The molecule has 20 heavy (non-hydrogen) atoms. The van der Waals surface area contributed by atoms with E-state index in [1.165, 1.54) is 7.05 Å². The van der Waals surface area contributed by atoms with E-state index in [2.05, 4.69) is 15.1 Å². The smallest absolute Gasteiger partial charge is 0.432 e. The summed E-state index contributed by atoms with van der Waals surface area (Å²) in [4.78, 5) is 22.6. The Morgan fingerprint density at radius 1 is 1.25 bits per heavy atom. The zero-order valence-electron chi connectivity index (χ0n) is 11.1. The quantitative estimate of drug-likeness (QED) is 0.362. The molecule has 0 heterocycles. The van der Waals surface area contributed by atoms with Crippen LogP contribution in [0.1, 0.15) is 17.3 Å². The van der Waals surface area contributed by atoms with Gasteiger partial charge < -0.3 is 9.47 Å². The molecule has 0 bridgehead atoms. The van der Waals surface area contributed by atoms with E-state index < -0.39 is 12.1 Å². The largest absolute Gasteiger partial charge is 0.462 e. The maximum Gasteiger partial charge on any atom is 0.432 e. The molecule has 0 aliphatic carbocycles. The molecule has 0 spiro atoms. The van der Waals surface area contributed by atoms with Gasteiger partial charge in [0.05, 0.1) is 17.9 Å². The first kappa shape index (κ1) is 15.9. The summed E-state index contributed by atoms with van der Waals surface area (Å²) in [6.07, 6.45) is -0.716. The number of nitrogens with zero attached hydrogens (tertiary/aromatic N) is 3. The van der Waals surface area contributed by atoms with Gasteiger partial charge in [0.2, 0.25) is 0 Å². The third kappa shape index (κ3) is 4.85. The van der Waals surface area contributed by atoms with Crippen LogP contribution in [0.5, 0.6) is 0 Å². The molecule has 8 heteroatoms. The summed E-state index contributed by atoms with van der Waals surface area (Å²) < 4.78 is 9.36. The lowest BCUT2D eigenvalue weighted by molar-refractivity contribution is 0.0526. The average Bonchev–Trinajstić information content (AvgIpc) is 2.45. The van der Waals surface area contributed by atoms with Gasteiger partial charge in [-0.05, 0) is 31.2 Å². The Hall–Kier alpha value is -2.15. The second kappa shape index (κ2) is 8.11. The van der Waals surface area contributed by atoms with Crippen LogP contribution in [-0.4, -0.2) is 36.8 Å². The molecule has 0 saturated carbocycles. The van der Waals surface area contributed by atoms with Gasteiger partial charge in [0, 0.05) is 7.05 Å². The van der Waals surface area contributed by atoms with Crippen molar-refractivity contribution in [1.29, 1.82) is 0 Å². The highest BCUT2D eigenvalue weighted by Crippen LogP contribution is 2.14. The summed E-state index contributed by atoms with van der Waals surface area (Å²) >= 11 is 5.24. The van der Waals surface area contributed by atoms with Crippen LogP contribution in [0.4, 0.5) is 10.5 Å². The average molecular weight is 300 g/mol. The maximum absolute atomic E-state index is 11.4. The number of carbonyl (C=O) groups excluding carboxylic acids is 2. The Morgan fingerprint density at radius 3 is 2.45 bits per heavy atom. The number of alkyl halides is 1. The highest BCUT2D eigenvalue weighted by molar-refractivity contribution is 6.17. The van der Waals surface area contributed by atoms with Gasteiger partial charge in [-0.2, -0.15) is 5.01 Å². The number of amides is 1. The first-order valence-corrected chi connectivity index (χ1v) is 6.27. The van der Waals surface area contributed by atoms with Crippen LogP contribution < -0.4 is 0 Å². The minimum atomic E-state index is -0.716. The van der Waals surface area contributed by atoms with Crippen LogP contribution in [-0.2, 0) is 9.47 Å². The van der Waals surface area contributed by atoms with Crippen LogP contribution in [0.15, 0.2) is 34.6 Å². The van der Waals surface area contributed by atoms with Crippen molar-refractivity contribution >= 4 is 29.4 Å². The topological polar surface area (TPSA) is 80.6 Å². The van der Waals surface area contributed by atoms with Gasteiger partial charge in [-0.3, -0.25) is 0 Å². The van der Waals surface area contributed by atoms with E-state index in [9.17, 15) is 9.59 Å². The van der Waals surface area contributed by atoms with Crippen molar-refractivity contribution in [3.8, 4) is 0 Å². The molecule has 1 amide bonds. The van der Waals surface area contributed by atoms with Crippen molar-refractivity contribution in [2.45, 2.75) is 6.92 Å². The third-order valence-electron chi connectivity index (χ3n) is 2.12. The Balaban J connectivity index is 2.65. The van der Waals surface area contributed by atoms with E-state index in [1.807, 2.05) is 0 Å². The van der Waals surface area contributed by atoms with Gasteiger partial charge in [0.15, 0.2) is 6.07 Å². The SMILES string of the molecule is CCOC(=O)c1ccc(N=NN(C)C(=O)OCCl)cc1.